The molecule has 1 aliphatic heterocycles. The van der Waals surface area contributed by atoms with Crippen LogP contribution in [0.4, 0.5) is 17.1 Å². The van der Waals surface area contributed by atoms with E-state index in [-0.39, 0.29) is 29.8 Å². The number of ether oxygens (including phenoxy) is 1. The molecule has 1 aromatic heterocycles. The number of carboxylic acid groups (broad SMARTS) is 1. The Morgan fingerprint density at radius 2 is 1.84 bits per heavy atom. The molecule has 0 aliphatic carbocycles. The molecule has 0 radical (unpaired) electrons. The Labute approximate surface area is 249 Å². The van der Waals surface area contributed by atoms with Gasteiger partial charge in [-0.3, -0.25) is 33.5 Å². The second kappa shape index (κ2) is 12.5. The van der Waals surface area contributed by atoms with E-state index in [1.54, 1.807) is 32.0 Å². The molecule has 2 heterocycles. The van der Waals surface area contributed by atoms with E-state index in [0.717, 1.165) is 6.92 Å². The highest BCUT2D eigenvalue weighted by Crippen LogP contribution is 2.40. The zero-order valence-corrected chi connectivity index (χ0v) is 24.1. The van der Waals surface area contributed by atoms with Gasteiger partial charge in [0.2, 0.25) is 11.8 Å². The summed E-state index contributed by atoms with van der Waals surface area (Å²) in [5.41, 5.74) is 1.27. The van der Waals surface area contributed by atoms with Crippen LogP contribution in [-0.4, -0.2) is 63.4 Å². The number of esters is 1. The number of anilines is 3. The Morgan fingerprint density at radius 1 is 1.14 bits per heavy atom. The van der Waals surface area contributed by atoms with Gasteiger partial charge in [-0.05, 0) is 61.9 Å². The van der Waals surface area contributed by atoms with Gasteiger partial charge in [-0.25, -0.2) is 4.79 Å². The third-order valence-electron chi connectivity index (χ3n) is 6.87. The van der Waals surface area contributed by atoms with Crippen LogP contribution in [0.3, 0.4) is 0 Å². The van der Waals surface area contributed by atoms with Crippen molar-refractivity contribution in [2.45, 2.75) is 38.7 Å². The number of halogens is 1. The first-order valence-electron chi connectivity index (χ1n) is 13.0. The number of H-pyrrole nitrogens is 1. The van der Waals surface area contributed by atoms with Gasteiger partial charge in [0.1, 0.15) is 0 Å². The van der Waals surface area contributed by atoms with Crippen LogP contribution in [0, 0.1) is 5.92 Å². The molecule has 4 N–H and O–H groups in total. The average Bonchev–Trinajstić information content (AvgIpc) is 3.48. The molecule has 3 aromatic rings. The first-order chi connectivity index (χ1) is 20.3. The van der Waals surface area contributed by atoms with Gasteiger partial charge in [0.25, 0.3) is 5.91 Å². The lowest BCUT2D eigenvalue weighted by molar-refractivity contribution is -0.160. The summed E-state index contributed by atoms with van der Waals surface area (Å²) in [4.78, 5) is 78.6. The Kier molecular flexibility index (Phi) is 8.99. The van der Waals surface area contributed by atoms with Crippen molar-refractivity contribution < 1.29 is 38.3 Å². The highest BCUT2D eigenvalue weighted by atomic mass is 35.5. The van der Waals surface area contributed by atoms with E-state index in [0.29, 0.717) is 22.5 Å². The SMILES string of the molecule is CC(=O)O[C@@H](C(=O)Nc1ccc(-c2noc(=O)[nH]2)cc1)[C@@H](CC(=O)O)C(=O)N(CCCl)c1ccc2c(c1)C(C)(C)C(=O)N2. The Bertz CT molecular complexity index is 1630. The van der Waals surface area contributed by atoms with Gasteiger partial charge >= 0.3 is 17.7 Å². The van der Waals surface area contributed by atoms with Crippen molar-refractivity contribution in [1.82, 2.24) is 10.1 Å². The topological polar surface area (TPSA) is 201 Å². The number of hydrogen-bond donors (Lipinski definition) is 4. The largest absolute Gasteiger partial charge is 0.481 e. The molecule has 0 bridgehead atoms. The summed E-state index contributed by atoms with van der Waals surface area (Å²) < 4.78 is 9.72. The van der Waals surface area contributed by atoms with Crippen LogP contribution in [0.1, 0.15) is 32.8 Å². The van der Waals surface area contributed by atoms with Crippen LogP contribution >= 0.6 is 11.6 Å². The summed E-state index contributed by atoms with van der Waals surface area (Å²) in [7, 11) is 0. The van der Waals surface area contributed by atoms with Gasteiger partial charge in [-0.2, -0.15) is 0 Å². The Balaban J connectivity index is 1.65. The zero-order valence-electron chi connectivity index (χ0n) is 23.3. The van der Waals surface area contributed by atoms with E-state index >= 15 is 0 Å². The number of aliphatic carboxylic acids is 1. The summed E-state index contributed by atoms with van der Waals surface area (Å²) in [5.74, 6) is -6.62. The van der Waals surface area contributed by atoms with Crippen LogP contribution in [0.5, 0.6) is 0 Å². The smallest absolute Gasteiger partial charge is 0.439 e. The fourth-order valence-corrected chi connectivity index (χ4v) is 4.84. The maximum absolute atomic E-state index is 14.0. The molecule has 0 fully saturated rings. The van der Waals surface area contributed by atoms with Crippen LogP contribution in [0.25, 0.3) is 11.4 Å². The second-order valence-corrected chi connectivity index (χ2v) is 10.6. The second-order valence-electron chi connectivity index (χ2n) is 10.2. The lowest BCUT2D eigenvalue weighted by Gasteiger charge is -2.30. The number of alkyl halides is 1. The van der Waals surface area contributed by atoms with Crippen molar-refractivity contribution in [3.63, 3.8) is 0 Å². The first-order valence-corrected chi connectivity index (χ1v) is 13.5. The number of carbonyl (C=O) groups excluding carboxylic acids is 4. The van der Waals surface area contributed by atoms with Gasteiger partial charge in [-0.15, -0.1) is 11.6 Å². The van der Waals surface area contributed by atoms with Crippen molar-refractivity contribution in [2.75, 3.05) is 28.0 Å². The van der Waals surface area contributed by atoms with Crippen molar-refractivity contribution in [3.05, 3.63) is 58.6 Å². The quantitative estimate of drug-likeness (QED) is 0.184. The Hall–Kier alpha value is -4.98. The minimum Gasteiger partial charge on any atom is -0.481 e. The van der Waals surface area contributed by atoms with Crippen molar-refractivity contribution >= 4 is 58.3 Å². The number of nitrogens with one attached hydrogen (secondary N) is 3. The van der Waals surface area contributed by atoms with Crippen molar-refractivity contribution in [2.24, 2.45) is 5.92 Å². The normalized spacial score (nSPS) is 14.7. The van der Waals surface area contributed by atoms with Gasteiger partial charge in [0, 0.05) is 42.0 Å². The molecule has 0 unspecified atom stereocenters. The molecule has 15 heteroatoms. The number of aromatic amines is 1. The molecule has 226 valence electrons. The third kappa shape index (κ3) is 6.75. The predicted octanol–water partition coefficient (Wildman–Crippen LogP) is 2.49. The maximum Gasteiger partial charge on any atom is 0.439 e. The number of carbonyl (C=O) groups is 5. The monoisotopic (exact) mass is 613 g/mol. The summed E-state index contributed by atoms with van der Waals surface area (Å²) in [5, 5.41) is 18.6. The third-order valence-corrected chi connectivity index (χ3v) is 7.04. The van der Waals surface area contributed by atoms with Crippen molar-refractivity contribution in [1.29, 1.82) is 0 Å². The highest BCUT2D eigenvalue weighted by molar-refractivity contribution is 6.18. The number of carboxylic acids is 1. The van der Waals surface area contributed by atoms with Crippen LogP contribution in [0.2, 0.25) is 0 Å². The number of rotatable bonds is 11. The minimum absolute atomic E-state index is 0.0449. The molecule has 2 aromatic carbocycles. The van der Waals surface area contributed by atoms with Gasteiger partial charge in [-0.1, -0.05) is 5.16 Å². The number of aromatic nitrogens is 2. The minimum atomic E-state index is -1.83. The number of hydrogen-bond acceptors (Lipinski definition) is 9. The van der Waals surface area contributed by atoms with E-state index in [4.69, 9.17) is 16.3 Å². The molecule has 14 nitrogen and oxygen atoms in total. The van der Waals surface area contributed by atoms with Crippen LogP contribution < -0.4 is 21.3 Å². The van der Waals surface area contributed by atoms with E-state index in [1.807, 2.05) is 0 Å². The molecule has 0 saturated carbocycles. The van der Waals surface area contributed by atoms with E-state index in [2.05, 4.69) is 25.3 Å². The number of amides is 3. The lowest BCUT2D eigenvalue weighted by Crippen LogP contribution is -2.48. The molecule has 1 aliphatic rings. The summed E-state index contributed by atoms with van der Waals surface area (Å²) in [6.07, 6.45) is -2.68. The number of fused-ring (bicyclic) bond motifs is 1. The fourth-order valence-electron chi connectivity index (χ4n) is 4.67. The molecule has 0 spiro atoms. The maximum atomic E-state index is 14.0. The molecule has 3 amide bonds. The molecule has 2 atom stereocenters. The fraction of sp³-hybridized carbons (Fsp3) is 0.321. The molecule has 0 saturated heterocycles. The van der Waals surface area contributed by atoms with Crippen molar-refractivity contribution in [3.8, 4) is 11.4 Å². The molecule has 4 rings (SSSR count). The lowest BCUT2D eigenvalue weighted by atomic mass is 9.86. The van der Waals surface area contributed by atoms with Crippen LogP contribution in [0.15, 0.2) is 51.8 Å². The van der Waals surface area contributed by atoms with Gasteiger partial charge in [0.15, 0.2) is 11.9 Å². The van der Waals surface area contributed by atoms with Crippen LogP contribution in [-0.2, 0) is 34.1 Å². The molecular weight excluding hydrogens is 586 g/mol. The molecular formula is C28H28ClN5O9. The average molecular weight is 614 g/mol. The first kappa shape index (κ1) is 31.0. The van der Waals surface area contributed by atoms with E-state index in [9.17, 15) is 33.9 Å². The summed E-state index contributed by atoms with van der Waals surface area (Å²) >= 11 is 6.02. The number of benzene rings is 2. The standard InChI is InChI=1S/C28H28ClN5O9/c1-14(35)42-22(24(38)30-16-6-4-15(5-7-16)23-32-27(41)43-33-23)18(13-21(36)37)25(39)34(11-10-29)17-8-9-20-19(12-17)28(2,3)26(40)31-20/h4-9,12,18,22H,10-11,13H2,1-3H3,(H,30,38)(H,31,40)(H,36,37)(H,32,33,41)/t18-,22-/m1/s1. The summed E-state index contributed by atoms with van der Waals surface area (Å²) in [6.45, 7) is 4.39. The summed E-state index contributed by atoms with van der Waals surface area (Å²) in [6, 6.07) is 10.8. The van der Waals surface area contributed by atoms with E-state index < -0.39 is 53.4 Å². The number of nitrogens with zero attached hydrogens (tertiary/aromatic N) is 2. The highest BCUT2D eigenvalue weighted by Gasteiger charge is 2.42. The van der Waals surface area contributed by atoms with E-state index in [1.165, 1.54) is 29.2 Å². The predicted molar refractivity (Wildman–Crippen MR) is 154 cm³/mol. The Morgan fingerprint density at radius 3 is 2.42 bits per heavy atom. The van der Waals surface area contributed by atoms with Gasteiger partial charge < -0.3 is 25.4 Å². The van der Waals surface area contributed by atoms with Gasteiger partial charge in [0.05, 0.1) is 17.8 Å². The molecule has 43 heavy (non-hydrogen) atoms. The zero-order chi connectivity index (χ0) is 31.5.